The number of hydrogen-bond donors (Lipinski definition) is 1. The summed E-state index contributed by atoms with van der Waals surface area (Å²) in [4.78, 5) is 14.8. The van der Waals surface area contributed by atoms with Crippen LogP contribution < -0.4 is 10.2 Å². The van der Waals surface area contributed by atoms with Gasteiger partial charge in [-0.1, -0.05) is 0 Å². The molecule has 4 heterocycles. The lowest BCUT2D eigenvalue weighted by Gasteiger charge is -2.29. The Bertz CT molecular complexity index is 1280. The van der Waals surface area contributed by atoms with Crippen LogP contribution in [0.1, 0.15) is 12.3 Å². The average molecular weight is 469 g/mol. The normalized spacial score (nSPS) is 13.9. The van der Waals surface area contributed by atoms with Gasteiger partial charge in [-0.3, -0.25) is 4.98 Å². The second-order valence-corrected chi connectivity index (χ2v) is 7.33. The van der Waals surface area contributed by atoms with Crippen LogP contribution in [-0.4, -0.2) is 51.5 Å². The summed E-state index contributed by atoms with van der Waals surface area (Å²) in [7, 11) is 0. The van der Waals surface area contributed by atoms with Gasteiger partial charge in [-0.25, -0.2) is 14.4 Å². The zero-order chi connectivity index (χ0) is 23.5. The lowest BCUT2D eigenvalue weighted by atomic mass is 10.2. The average Bonchev–Trinajstić information content (AvgIpc) is 3.36. The molecule has 4 aromatic rings. The van der Waals surface area contributed by atoms with Gasteiger partial charge in [0.05, 0.1) is 35.9 Å². The molecule has 1 aromatic carbocycles. The van der Waals surface area contributed by atoms with Crippen molar-refractivity contribution in [2.24, 2.45) is 0 Å². The van der Waals surface area contributed by atoms with Gasteiger partial charge in [-0.15, -0.1) is 10.2 Å². The van der Waals surface area contributed by atoms with Gasteiger partial charge in [0.2, 0.25) is 11.8 Å². The molecule has 0 aliphatic carbocycles. The molecular formula is C22H18F3N7O2. The Morgan fingerprint density at radius 2 is 1.82 bits per heavy atom. The van der Waals surface area contributed by atoms with Crippen molar-refractivity contribution in [2.75, 3.05) is 36.5 Å². The molecule has 5 rings (SSSR count). The molecule has 1 aliphatic heterocycles. The molecule has 0 amide bonds. The third-order valence-electron chi connectivity index (χ3n) is 5.11. The molecular weight excluding hydrogens is 451 g/mol. The first-order valence-corrected chi connectivity index (χ1v) is 10.4. The summed E-state index contributed by atoms with van der Waals surface area (Å²) in [5.74, 6) is -0.890. The maximum Gasteiger partial charge on any atom is 0.314 e. The van der Waals surface area contributed by atoms with E-state index in [1.54, 1.807) is 36.5 Å². The van der Waals surface area contributed by atoms with Crippen LogP contribution in [0.15, 0.2) is 53.2 Å². The number of nitrogens with one attached hydrogen (secondary N) is 1. The van der Waals surface area contributed by atoms with Crippen molar-refractivity contribution in [1.82, 2.24) is 25.1 Å². The number of aromatic nitrogens is 5. The highest BCUT2D eigenvalue weighted by atomic mass is 19.3. The number of anilines is 3. The Morgan fingerprint density at radius 1 is 0.971 bits per heavy atom. The van der Waals surface area contributed by atoms with E-state index in [2.05, 4.69) is 30.5 Å². The van der Waals surface area contributed by atoms with Gasteiger partial charge in [0, 0.05) is 31.2 Å². The second kappa shape index (κ2) is 9.43. The number of benzene rings is 1. The maximum absolute atomic E-state index is 14.7. The number of hydrogen-bond acceptors (Lipinski definition) is 9. The van der Waals surface area contributed by atoms with Crippen LogP contribution in [0, 0.1) is 5.82 Å². The van der Waals surface area contributed by atoms with Gasteiger partial charge in [-0.05, 0) is 36.4 Å². The van der Waals surface area contributed by atoms with Crippen molar-refractivity contribution in [2.45, 2.75) is 6.43 Å². The second-order valence-electron chi connectivity index (χ2n) is 7.33. The van der Waals surface area contributed by atoms with E-state index in [1.807, 2.05) is 4.90 Å². The van der Waals surface area contributed by atoms with Gasteiger partial charge >= 0.3 is 6.43 Å². The van der Waals surface area contributed by atoms with E-state index < -0.39 is 12.3 Å². The highest BCUT2D eigenvalue weighted by Crippen LogP contribution is 2.27. The lowest BCUT2D eigenvalue weighted by molar-refractivity contribution is 0.116. The van der Waals surface area contributed by atoms with E-state index >= 15 is 0 Å². The Balaban J connectivity index is 1.31. The van der Waals surface area contributed by atoms with Gasteiger partial charge in [-0.2, -0.15) is 8.78 Å². The molecule has 0 bridgehead atoms. The molecule has 1 saturated heterocycles. The van der Waals surface area contributed by atoms with Gasteiger partial charge in [0.1, 0.15) is 5.82 Å². The number of pyridine rings is 1. The topological polar surface area (TPSA) is 102 Å². The largest absolute Gasteiger partial charge is 0.415 e. The number of rotatable bonds is 6. The summed E-state index contributed by atoms with van der Waals surface area (Å²) in [6, 6.07) is 9.78. The highest BCUT2D eigenvalue weighted by Gasteiger charge is 2.18. The number of ether oxygens (including phenoxy) is 1. The molecule has 0 atom stereocenters. The minimum atomic E-state index is -2.84. The molecule has 0 unspecified atom stereocenters. The van der Waals surface area contributed by atoms with Crippen molar-refractivity contribution in [3.8, 4) is 22.8 Å². The minimum absolute atomic E-state index is 0.0538. The zero-order valence-corrected chi connectivity index (χ0v) is 17.7. The maximum atomic E-state index is 14.7. The summed E-state index contributed by atoms with van der Waals surface area (Å²) in [5, 5.41) is 9.90. The lowest BCUT2D eigenvalue weighted by Crippen LogP contribution is -2.36. The third kappa shape index (κ3) is 4.66. The van der Waals surface area contributed by atoms with E-state index in [0.717, 1.165) is 0 Å². The molecule has 1 fully saturated rings. The van der Waals surface area contributed by atoms with Crippen molar-refractivity contribution in [1.29, 1.82) is 0 Å². The molecule has 34 heavy (non-hydrogen) atoms. The van der Waals surface area contributed by atoms with E-state index in [9.17, 15) is 13.2 Å². The van der Waals surface area contributed by atoms with E-state index in [4.69, 9.17) is 9.15 Å². The Hall–Kier alpha value is -4.06. The van der Waals surface area contributed by atoms with E-state index in [-0.39, 0.29) is 17.7 Å². The van der Waals surface area contributed by atoms with E-state index in [0.29, 0.717) is 54.6 Å². The van der Waals surface area contributed by atoms with Crippen LogP contribution in [0.4, 0.5) is 30.5 Å². The Labute approximate surface area is 191 Å². The van der Waals surface area contributed by atoms with E-state index in [1.165, 1.54) is 12.3 Å². The van der Waals surface area contributed by atoms with Crippen molar-refractivity contribution in [3.05, 3.63) is 60.5 Å². The van der Waals surface area contributed by atoms with Gasteiger partial charge < -0.3 is 19.4 Å². The fourth-order valence-electron chi connectivity index (χ4n) is 3.45. The van der Waals surface area contributed by atoms with Crippen LogP contribution in [0.5, 0.6) is 0 Å². The quantitative estimate of drug-likeness (QED) is 0.444. The molecule has 1 N–H and O–H groups in total. The first-order chi connectivity index (χ1) is 16.6. The first-order valence-electron chi connectivity index (χ1n) is 10.4. The summed E-state index contributed by atoms with van der Waals surface area (Å²) >= 11 is 0. The molecule has 174 valence electrons. The number of morpholine rings is 1. The van der Waals surface area contributed by atoms with Crippen LogP contribution in [0.2, 0.25) is 0 Å². The molecule has 9 nitrogen and oxygen atoms in total. The number of halogens is 3. The standard InChI is InChI=1S/C22H18F3N7O2/c23-15-11-14(2-4-18(15)32-7-9-33-10-8-32)28-22-26-6-5-17(29-22)16-3-1-13(12-27-16)20-30-31-21(34-20)19(24)25/h1-6,11-12,19H,7-10H2,(H,26,28,29). The van der Waals surface area contributed by atoms with Crippen molar-refractivity contribution < 1.29 is 22.3 Å². The Morgan fingerprint density at radius 3 is 2.53 bits per heavy atom. The highest BCUT2D eigenvalue weighted by molar-refractivity contribution is 5.63. The SMILES string of the molecule is Fc1cc(Nc2nccc(-c3ccc(-c4nnc(C(F)F)o4)cn3)n2)ccc1N1CCOCC1. The number of alkyl halides is 2. The molecule has 0 spiro atoms. The smallest absolute Gasteiger partial charge is 0.314 e. The predicted octanol–water partition coefficient (Wildman–Crippen LogP) is 4.25. The molecule has 1 aliphatic rings. The van der Waals surface area contributed by atoms with Crippen LogP contribution in [-0.2, 0) is 4.74 Å². The first kappa shape index (κ1) is 21.8. The molecule has 0 radical (unpaired) electrons. The Kier molecular flexibility index (Phi) is 6.04. The molecule has 12 heteroatoms. The monoisotopic (exact) mass is 469 g/mol. The minimum Gasteiger partial charge on any atom is -0.415 e. The predicted molar refractivity (Wildman–Crippen MR) is 116 cm³/mol. The van der Waals surface area contributed by atoms with Crippen molar-refractivity contribution in [3.63, 3.8) is 0 Å². The fourth-order valence-corrected chi connectivity index (χ4v) is 3.45. The summed E-state index contributed by atoms with van der Waals surface area (Å²) < 4.78 is 50.2. The van der Waals surface area contributed by atoms with Crippen LogP contribution in [0.25, 0.3) is 22.8 Å². The zero-order valence-electron chi connectivity index (χ0n) is 17.7. The summed E-state index contributed by atoms with van der Waals surface area (Å²) in [5.41, 5.74) is 2.44. The third-order valence-corrected chi connectivity index (χ3v) is 5.11. The van der Waals surface area contributed by atoms with Crippen molar-refractivity contribution >= 4 is 17.3 Å². The van der Waals surface area contributed by atoms with Crippen LogP contribution in [0.3, 0.4) is 0 Å². The number of nitrogens with zero attached hydrogens (tertiary/aromatic N) is 6. The summed E-state index contributed by atoms with van der Waals surface area (Å²) in [6.45, 7) is 2.42. The van der Waals surface area contributed by atoms with Crippen LogP contribution >= 0.6 is 0 Å². The molecule has 3 aromatic heterocycles. The molecule has 0 saturated carbocycles. The van der Waals surface area contributed by atoms with Gasteiger partial charge in [0.15, 0.2) is 0 Å². The van der Waals surface area contributed by atoms with Gasteiger partial charge in [0.25, 0.3) is 5.89 Å². The fraction of sp³-hybridized carbons (Fsp3) is 0.227. The summed E-state index contributed by atoms with van der Waals surface area (Å²) in [6.07, 6.45) is 0.128.